The van der Waals surface area contributed by atoms with Crippen molar-refractivity contribution in [2.45, 2.75) is 30.7 Å². The van der Waals surface area contributed by atoms with E-state index in [4.69, 9.17) is 5.73 Å². The van der Waals surface area contributed by atoms with Crippen LogP contribution in [0.4, 0.5) is 0 Å². The molecule has 1 aromatic carbocycles. The topological polar surface area (TPSA) is 75.4 Å². The molecule has 0 saturated carbocycles. The van der Waals surface area contributed by atoms with Crippen molar-refractivity contribution in [2.24, 2.45) is 5.73 Å². The number of hydrazine groups is 1. The summed E-state index contributed by atoms with van der Waals surface area (Å²) in [5.74, 6) is 0. The van der Waals surface area contributed by atoms with Crippen LogP contribution >= 0.6 is 15.9 Å². The lowest BCUT2D eigenvalue weighted by molar-refractivity contribution is 0.200. The maximum Gasteiger partial charge on any atom is 0.254 e. The number of nitrogens with one attached hydrogen (secondary N) is 1. The maximum absolute atomic E-state index is 12.4. The third-order valence-corrected chi connectivity index (χ3v) is 5.50. The minimum atomic E-state index is -3.55. The highest BCUT2D eigenvalue weighted by Gasteiger charge is 2.22. The van der Waals surface area contributed by atoms with E-state index in [0.717, 1.165) is 37.9 Å². The molecule has 19 heavy (non-hydrogen) atoms. The summed E-state index contributed by atoms with van der Waals surface area (Å²) in [4.78, 5) is 2.88. The van der Waals surface area contributed by atoms with E-state index in [0.29, 0.717) is 11.0 Å². The van der Waals surface area contributed by atoms with E-state index < -0.39 is 10.0 Å². The molecule has 0 unspecified atom stereocenters. The molecule has 0 atom stereocenters. The molecule has 1 fully saturated rings. The van der Waals surface area contributed by atoms with Gasteiger partial charge in [-0.3, -0.25) is 0 Å². The Hall–Kier alpha value is -0.470. The molecule has 1 saturated heterocycles. The normalized spacial score (nSPS) is 17.6. The first kappa shape index (κ1) is 14.9. The van der Waals surface area contributed by atoms with Crippen LogP contribution in [0.25, 0.3) is 0 Å². The van der Waals surface area contributed by atoms with Gasteiger partial charge in [0.15, 0.2) is 0 Å². The van der Waals surface area contributed by atoms with E-state index in [-0.39, 0.29) is 4.90 Å². The van der Waals surface area contributed by atoms with Crippen LogP contribution in [0.1, 0.15) is 24.8 Å². The molecule has 0 radical (unpaired) electrons. The molecule has 1 aromatic rings. The lowest BCUT2D eigenvalue weighted by atomic mass is 10.2. The molecule has 106 valence electrons. The Kier molecular flexibility index (Phi) is 4.97. The first-order valence-electron chi connectivity index (χ1n) is 6.29. The first-order valence-corrected chi connectivity index (χ1v) is 8.56. The van der Waals surface area contributed by atoms with Gasteiger partial charge in [0.1, 0.15) is 0 Å². The van der Waals surface area contributed by atoms with Crippen LogP contribution in [0, 0.1) is 0 Å². The van der Waals surface area contributed by atoms with E-state index in [1.807, 2.05) is 6.07 Å². The van der Waals surface area contributed by atoms with Gasteiger partial charge in [-0.05, 0) is 46.5 Å². The molecular weight excluding hydrogens is 330 g/mol. The minimum absolute atomic E-state index is 0.237. The van der Waals surface area contributed by atoms with Gasteiger partial charge >= 0.3 is 0 Å². The largest absolute Gasteiger partial charge is 0.326 e. The second-order valence-electron chi connectivity index (χ2n) is 4.61. The number of nitrogens with two attached hydrogens (primary N) is 1. The van der Waals surface area contributed by atoms with Crippen LogP contribution in [-0.4, -0.2) is 26.5 Å². The molecule has 0 spiro atoms. The molecule has 5 nitrogen and oxygen atoms in total. The Morgan fingerprint density at radius 1 is 1.26 bits per heavy atom. The molecule has 1 aliphatic heterocycles. The zero-order valence-corrected chi connectivity index (χ0v) is 13.0. The molecule has 2 rings (SSSR count). The quantitative estimate of drug-likeness (QED) is 0.867. The van der Waals surface area contributed by atoms with Crippen molar-refractivity contribution in [3.63, 3.8) is 0 Å². The molecule has 3 N–H and O–H groups in total. The SMILES string of the molecule is NCc1ccc(Br)c(S(=O)(=O)NN2CCCCC2)c1. The van der Waals surface area contributed by atoms with Crippen molar-refractivity contribution in [3.8, 4) is 0 Å². The number of benzene rings is 1. The zero-order valence-electron chi connectivity index (χ0n) is 10.6. The minimum Gasteiger partial charge on any atom is -0.326 e. The van der Waals surface area contributed by atoms with Gasteiger partial charge in [0.05, 0.1) is 4.90 Å². The van der Waals surface area contributed by atoms with Crippen LogP contribution in [0.15, 0.2) is 27.6 Å². The van der Waals surface area contributed by atoms with Gasteiger partial charge in [-0.1, -0.05) is 12.5 Å². The fraction of sp³-hybridized carbons (Fsp3) is 0.500. The number of nitrogens with zero attached hydrogens (tertiary/aromatic N) is 1. The molecule has 0 aromatic heterocycles. The number of hydrogen-bond acceptors (Lipinski definition) is 4. The summed E-state index contributed by atoms with van der Waals surface area (Å²) >= 11 is 3.28. The Labute approximate surface area is 122 Å². The summed E-state index contributed by atoms with van der Waals surface area (Å²) in [7, 11) is -3.55. The molecule has 0 bridgehead atoms. The van der Waals surface area contributed by atoms with Crippen molar-refractivity contribution in [3.05, 3.63) is 28.2 Å². The van der Waals surface area contributed by atoms with Crippen LogP contribution in [0.2, 0.25) is 0 Å². The van der Waals surface area contributed by atoms with E-state index in [9.17, 15) is 8.42 Å². The summed E-state index contributed by atoms with van der Waals surface area (Å²) in [6, 6.07) is 5.13. The monoisotopic (exact) mass is 347 g/mol. The van der Waals surface area contributed by atoms with Crippen molar-refractivity contribution in [1.82, 2.24) is 9.84 Å². The average molecular weight is 348 g/mol. The second kappa shape index (κ2) is 6.32. The zero-order chi connectivity index (χ0) is 13.9. The average Bonchev–Trinajstić information content (AvgIpc) is 2.39. The van der Waals surface area contributed by atoms with Gasteiger partial charge in [-0.25, -0.2) is 13.4 Å². The standard InChI is InChI=1S/C12H18BrN3O2S/c13-11-5-4-10(9-14)8-12(11)19(17,18)15-16-6-2-1-3-7-16/h4-5,8,15H,1-3,6-7,9,14H2. The summed E-state index contributed by atoms with van der Waals surface area (Å²) in [6.45, 7) is 1.83. The Bertz CT molecular complexity index is 542. The molecule has 0 amide bonds. The van der Waals surface area contributed by atoms with E-state index >= 15 is 0 Å². The van der Waals surface area contributed by atoms with Crippen LogP contribution < -0.4 is 10.6 Å². The smallest absolute Gasteiger partial charge is 0.254 e. The highest BCUT2D eigenvalue weighted by molar-refractivity contribution is 9.10. The molecular formula is C12H18BrN3O2S. The lowest BCUT2D eigenvalue weighted by Crippen LogP contribution is -2.45. The molecule has 1 heterocycles. The number of halogens is 1. The maximum atomic E-state index is 12.4. The Balaban J connectivity index is 2.23. The summed E-state index contributed by atoms with van der Waals surface area (Å²) in [6.07, 6.45) is 3.20. The van der Waals surface area contributed by atoms with E-state index in [1.54, 1.807) is 17.1 Å². The van der Waals surface area contributed by atoms with Crippen molar-refractivity contribution in [2.75, 3.05) is 13.1 Å². The van der Waals surface area contributed by atoms with Crippen LogP contribution in [-0.2, 0) is 16.6 Å². The molecule has 1 aliphatic rings. The fourth-order valence-electron chi connectivity index (χ4n) is 2.09. The predicted octanol–water partition coefficient (Wildman–Crippen LogP) is 1.59. The first-order chi connectivity index (χ1) is 9.03. The number of piperidine rings is 1. The van der Waals surface area contributed by atoms with Crippen molar-refractivity contribution in [1.29, 1.82) is 0 Å². The van der Waals surface area contributed by atoms with Crippen LogP contribution in [0.5, 0.6) is 0 Å². The third-order valence-electron chi connectivity index (χ3n) is 3.13. The van der Waals surface area contributed by atoms with E-state index in [1.165, 1.54) is 0 Å². The number of rotatable bonds is 4. The third kappa shape index (κ3) is 3.76. The van der Waals surface area contributed by atoms with Crippen molar-refractivity contribution < 1.29 is 8.42 Å². The lowest BCUT2D eigenvalue weighted by Gasteiger charge is -2.26. The summed E-state index contributed by atoms with van der Waals surface area (Å²) in [5, 5.41) is 1.76. The Morgan fingerprint density at radius 3 is 2.58 bits per heavy atom. The molecule has 7 heteroatoms. The van der Waals surface area contributed by atoms with E-state index in [2.05, 4.69) is 20.8 Å². The number of sulfonamides is 1. The Morgan fingerprint density at radius 2 is 1.95 bits per heavy atom. The van der Waals surface area contributed by atoms with Gasteiger partial charge in [0, 0.05) is 24.1 Å². The summed E-state index contributed by atoms with van der Waals surface area (Å²) in [5.41, 5.74) is 6.35. The fourth-order valence-corrected chi connectivity index (χ4v) is 4.22. The highest BCUT2D eigenvalue weighted by Crippen LogP contribution is 2.23. The predicted molar refractivity (Wildman–Crippen MR) is 77.8 cm³/mol. The second-order valence-corrected chi connectivity index (χ2v) is 7.09. The van der Waals surface area contributed by atoms with Crippen LogP contribution in [0.3, 0.4) is 0 Å². The van der Waals surface area contributed by atoms with Gasteiger partial charge in [0.2, 0.25) is 0 Å². The molecule has 0 aliphatic carbocycles. The van der Waals surface area contributed by atoms with Gasteiger partial charge in [0.25, 0.3) is 10.0 Å². The highest BCUT2D eigenvalue weighted by atomic mass is 79.9. The van der Waals surface area contributed by atoms with Crippen molar-refractivity contribution >= 4 is 26.0 Å². The summed E-state index contributed by atoms with van der Waals surface area (Å²) < 4.78 is 25.3. The van der Waals surface area contributed by atoms with Gasteiger partial charge in [-0.2, -0.15) is 0 Å². The number of hydrogen-bond donors (Lipinski definition) is 2. The van der Waals surface area contributed by atoms with Gasteiger partial charge < -0.3 is 5.73 Å². The van der Waals surface area contributed by atoms with Gasteiger partial charge in [-0.15, -0.1) is 4.83 Å².